The maximum Gasteiger partial charge on any atom is 0.273 e. The van der Waals surface area contributed by atoms with Crippen molar-refractivity contribution in [2.75, 3.05) is 25.4 Å². The van der Waals surface area contributed by atoms with Crippen LogP contribution in [-0.2, 0) is 0 Å². The molecular formula is C16H21N5OS. The summed E-state index contributed by atoms with van der Waals surface area (Å²) in [5.41, 5.74) is 0.397. The number of piperidine rings is 1. The summed E-state index contributed by atoms with van der Waals surface area (Å²) in [5.74, 6) is 0.678. The van der Waals surface area contributed by atoms with Crippen LogP contribution in [0.5, 0.6) is 0 Å². The van der Waals surface area contributed by atoms with Gasteiger partial charge in [-0.2, -0.15) is 0 Å². The van der Waals surface area contributed by atoms with Gasteiger partial charge in [0.05, 0.1) is 12.2 Å². The van der Waals surface area contributed by atoms with Crippen molar-refractivity contribution in [1.82, 2.24) is 25.6 Å². The van der Waals surface area contributed by atoms with Crippen molar-refractivity contribution in [1.29, 1.82) is 0 Å². The topological polar surface area (TPSA) is 71.8 Å². The third-order valence-corrected chi connectivity index (χ3v) is 4.84. The minimum absolute atomic E-state index is 0.154. The van der Waals surface area contributed by atoms with Crippen LogP contribution in [0.15, 0.2) is 41.4 Å². The Bertz CT molecular complexity index is 624. The summed E-state index contributed by atoms with van der Waals surface area (Å²) in [6, 6.07) is 10.5. The smallest absolute Gasteiger partial charge is 0.273 e. The predicted octanol–water partition coefficient (Wildman–Crippen LogP) is 1.72. The second-order valence-corrected chi connectivity index (χ2v) is 6.65. The summed E-state index contributed by atoms with van der Waals surface area (Å²) in [5, 5.41) is 14.3. The lowest BCUT2D eigenvalue weighted by Crippen LogP contribution is -2.29. The van der Waals surface area contributed by atoms with Gasteiger partial charge in [-0.25, -0.2) is 4.68 Å². The zero-order chi connectivity index (χ0) is 15.9. The Hall–Kier alpha value is -1.86. The average Bonchev–Trinajstić information content (AvgIpc) is 3.10. The highest BCUT2D eigenvalue weighted by Gasteiger charge is 2.18. The van der Waals surface area contributed by atoms with Crippen LogP contribution in [0.4, 0.5) is 0 Å². The number of thioether (sulfide) groups is 1. The number of rotatable bonds is 6. The van der Waals surface area contributed by atoms with Gasteiger partial charge in [0, 0.05) is 17.2 Å². The Kier molecular flexibility index (Phi) is 5.65. The van der Waals surface area contributed by atoms with Crippen LogP contribution in [-0.4, -0.2) is 46.3 Å². The van der Waals surface area contributed by atoms with Crippen LogP contribution in [0.2, 0.25) is 0 Å². The molecule has 1 aromatic carbocycles. The summed E-state index contributed by atoms with van der Waals surface area (Å²) in [6.07, 6.45) is 3.81. The summed E-state index contributed by atoms with van der Waals surface area (Å²) in [7, 11) is 0. The zero-order valence-corrected chi connectivity index (χ0v) is 13.8. The van der Waals surface area contributed by atoms with E-state index >= 15 is 0 Å². The van der Waals surface area contributed by atoms with E-state index in [-0.39, 0.29) is 5.91 Å². The van der Waals surface area contributed by atoms with Crippen molar-refractivity contribution in [3.05, 3.63) is 42.2 Å². The number of benzene rings is 1. The van der Waals surface area contributed by atoms with E-state index < -0.39 is 0 Å². The van der Waals surface area contributed by atoms with E-state index in [0.717, 1.165) is 31.7 Å². The fraction of sp³-hybridized carbons (Fsp3) is 0.438. The van der Waals surface area contributed by atoms with Gasteiger partial charge < -0.3 is 10.6 Å². The largest absolute Gasteiger partial charge is 0.350 e. The first kappa shape index (κ1) is 16.0. The first-order valence-corrected chi connectivity index (χ1v) is 8.90. The molecule has 2 N–H and O–H groups in total. The molecule has 1 aliphatic heterocycles. The Morgan fingerprint density at radius 2 is 2.09 bits per heavy atom. The highest BCUT2D eigenvalue weighted by Crippen LogP contribution is 2.17. The van der Waals surface area contributed by atoms with E-state index in [9.17, 15) is 4.79 Å². The van der Waals surface area contributed by atoms with Crippen LogP contribution in [0.1, 0.15) is 29.4 Å². The van der Waals surface area contributed by atoms with Gasteiger partial charge in [-0.05, 0) is 38.1 Å². The number of nitrogens with one attached hydrogen (secondary N) is 2. The molecule has 2 heterocycles. The fourth-order valence-electron chi connectivity index (χ4n) is 2.57. The lowest BCUT2D eigenvalue weighted by Gasteiger charge is -2.22. The van der Waals surface area contributed by atoms with Gasteiger partial charge in [0.25, 0.3) is 5.91 Å². The van der Waals surface area contributed by atoms with Gasteiger partial charge >= 0.3 is 0 Å². The monoisotopic (exact) mass is 331 g/mol. The van der Waals surface area contributed by atoms with Crippen molar-refractivity contribution >= 4 is 17.7 Å². The molecule has 23 heavy (non-hydrogen) atoms. The molecule has 7 heteroatoms. The molecular weight excluding hydrogens is 310 g/mol. The molecule has 0 radical (unpaired) electrons. The van der Waals surface area contributed by atoms with E-state index in [1.165, 1.54) is 4.90 Å². The first-order valence-electron chi connectivity index (χ1n) is 7.91. The third-order valence-electron chi connectivity index (χ3n) is 3.83. The van der Waals surface area contributed by atoms with Crippen molar-refractivity contribution in [2.45, 2.75) is 23.8 Å². The Morgan fingerprint density at radius 1 is 1.30 bits per heavy atom. The van der Waals surface area contributed by atoms with E-state index in [1.807, 2.05) is 22.9 Å². The first-order chi connectivity index (χ1) is 11.3. The number of amides is 1. The van der Waals surface area contributed by atoms with Gasteiger partial charge in [0.15, 0.2) is 5.69 Å². The van der Waals surface area contributed by atoms with E-state index in [2.05, 4.69) is 33.1 Å². The summed E-state index contributed by atoms with van der Waals surface area (Å²) in [4.78, 5) is 13.3. The molecule has 0 aliphatic carbocycles. The molecule has 0 bridgehead atoms. The molecule has 1 fully saturated rings. The number of hydrogen-bond donors (Lipinski definition) is 2. The number of aromatic nitrogens is 3. The van der Waals surface area contributed by atoms with Gasteiger partial charge in [0.1, 0.15) is 0 Å². The number of nitrogens with zero attached hydrogens (tertiary/aromatic N) is 3. The van der Waals surface area contributed by atoms with Crippen molar-refractivity contribution in [3.63, 3.8) is 0 Å². The Balaban J connectivity index is 1.44. The van der Waals surface area contributed by atoms with Gasteiger partial charge in [-0.3, -0.25) is 4.79 Å². The lowest BCUT2D eigenvalue weighted by molar-refractivity contribution is 0.0951. The van der Waals surface area contributed by atoms with Crippen LogP contribution >= 0.6 is 11.8 Å². The van der Waals surface area contributed by atoms with Crippen LogP contribution in [0, 0.1) is 0 Å². The van der Waals surface area contributed by atoms with Gasteiger partial charge in [-0.1, -0.05) is 23.4 Å². The average molecular weight is 331 g/mol. The predicted molar refractivity (Wildman–Crippen MR) is 90.7 cm³/mol. The van der Waals surface area contributed by atoms with Crippen LogP contribution in [0.3, 0.4) is 0 Å². The van der Waals surface area contributed by atoms with Crippen LogP contribution < -0.4 is 10.6 Å². The molecule has 0 spiro atoms. The van der Waals surface area contributed by atoms with Crippen molar-refractivity contribution in [2.24, 2.45) is 0 Å². The molecule has 1 amide bonds. The van der Waals surface area contributed by atoms with Crippen LogP contribution in [0.25, 0.3) is 0 Å². The lowest BCUT2D eigenvalue weighted by atomic mass is 10.1. The standard InChI is InChI=1S/C16H21N5OS/c22-16(18-10-11-23-14-4-2-1-3-5-14)15-12-21(20-19-15)13-6-8-17-9-7-13/h1-5,12-13,17H,6-11H2,(H,18,22). The minimum atomic E-state index is -0.154. The molecule has 1 saturated heterocycles. The van der Waals surface area contributed by atoms with Crippen molar-refractivity contribution < 1.29 is 4.79 Å². The zero-order valence-electron chi connectivity index (χ0n) is 12.9. The van der Waals surface area contributed by atoms with Gasteiger partial charge in [-0.15, -0.1) is 16.9 Å². The molecule has 1 aromatic heterocycles. The summed E-state index contributed by atoms with van der Waals surface area (Å²) < 4.78 is 1.83. The molecule has 2 aromatic rings. The number of hydrogen-bond acceptors (Lipinski definition) is 5. The van der Waals surface area contributed by atoms with E-state index in [1.54, 1.807) is 18.0 Å². The molecule has 6 nitrogen and oxygen atoms in total. The molecule has 0 unspecified atom stereocenters. The fourth-order valence-corrected chi connectivity index (χ4v) is 3.36. The second-order valence-electron chi connectivity index (χ2n) is 5.48. The summed E-state index contributed by atoms with van der Waals surface area (Å²) in [6.45, 7) is 2.59. The SMILES string of the molecule is O=C(NCCSc1ccccc1)c1cn(C2CCNCC2)nn1. The normalized spacial score (nSPS) is 15.5. The second kappa shape index (κ2) is 8.12. The number of carbonyl (C=O) groups excluding carboxylic acids is 1. The van der Waals surface area contributed by atoms with E-state index in [4.69, 9.17) is 0 Å². The van der Waals surface area contributed by atoms with E-state index in [0.29, 0.717) is 18.3 Å². The molecule has 0 saturated carbocycles. The third kappa shape index (κ3) is 4.56. The minimum Gasteiger partial charge on any atom is -0.350 e. The highest BCUT2D eigenvalue weighted by atomic mass is 32.2. The molecule has 3 rings (SSSR count). The maximum absolute atomic E-state index is 12.1. The van der Waals surface area contributed by atoms with Crippen molar-refractivity contribution in [3.8, 4) is 0 Å². The number of carbonyl (C=O) groups is 1. The Labute approximate surface area is 140 Å². The summed E-state index contributed by atoms with van der Waals surface area (Å²) >= 11 is 1.72. The van der Waals surface area contributed by atoms with Gasteiger partial charge in [0.2, 0.25) is 0 Å². The highest BCUT2D eigenvalue weighted by molar-refractivity contribution is 7.99. The molecule has 0 atom stereocenters. The molecule has 1 aliphatic rings. The maximum atomic E-state index is 12.1. The quantitative estimate of drug-likeness (QED) is 0.623. The molecule has 122 valence electrons. The Morgan fingerprint density at radius 3 is 2.87 bits per heavy atom.